The molecule has 0 amide bonds. The van der Waals surface area contributed by atoms with Gasteiger partial charge in [-0.1, -0.05) is 11.3 Å². The zero-order valence-corrected chi connectivity index (χ0v) is 11.3. The standard InChI is InChI=1S/C12H15N3O2S/c1-7(13)11-14-15-12(18-11)9-5-4-8(16-2)6-10(9)17-3/h4-7H,13H2,1-3H3. The fourth-order valence-electron chi connectivity index (χ4n) is 1.50. The highest BCUT2D eigenvalue weighted by Gasteiger charge is 2.14. The van der Waals surface area contributed by atoms with Gasteiger partial charge in [0, 0.05) is 6.07 Å². The van der Waals surface area contributed by atoms with Crippen LogP contribution in [0.4, 0.5) is 0 Å². The quantitative estimate of drug-likeness (QED) is 0.918. The minimum absolute atomic E-state index is 0.111. The first kappa shape index (κ1) is 12.8. The zero-order chi connectivity index (χ0) is 13.1. The Labute approximate surface area is 110 Å². The average Bonchev–Trinajstić information content (AvgIpc) is 2.87. The highest BCUT2D eigenvalue weighted by atomic mass is 32.1. The minimum atomic E-state index is -0.111. The molecule has 0 spiro atoms. The number of rotatable bonds is 4. The van der Waals surface area contributed by atoms with Gasteiger partial charge in [-0.25, -0.2) is 0 Å². The molecule has 0 aliphatic heterocycles. The minimum Gasteiger partial charge on any atom is -0.497 e. The summed E-state index contributed by atoms with van der Waals surface area (Å²) in [7, 11) is 3.24. The SMILES string of the molecule is COc1ccc(-c2nnc(C(C)N)s2)c(OC)c1. The number of ether oxygens (including phenoxy) is 2. The lowest BCUT2D eigenvalue weighted by molar-refractivity contribution is 0.395. The van der Waals surface area contributed by atoms with E-state index in [1.54, 1.807) is 14.2 Å². The maximum atomic E-state index is 5.78. The van der Waals surface area contributed by atoms with Gasteiger partial charge >= 0.3 is 0 Å². The second-order valence-corrected chi connectivity index (χ2v) is 4.81. The van der Waals surface area contributed by atoms with Crippen LogP contribution in [0.3, 0.4) is 0 Å². The summed E-state index contributed by atoms with van der Waals surface area (Å²) in [6, 6.07) is 5.48. The number of methoxy groups -OCH3 is 2. The van der Waals surface area contributed by atoms with E-state index < -0.39 is 0 Å². The molecule has 96 valence electrons. The summed E-state index contributed by atoms with van der Waals surface area (Å²) in [5, 5.41) is 9.81. The normalized spacial score (nSPS) is 12.2. The van der Waals surface area contributed by atoms with Gasteiger partial charge < -0.3 is 15.2 Å². The van der Waals surface area contributed by atoms with Crippen molar-refractivity contribution in [3.63, 3.8) is 0 Å². The predicted octanol–water partition coefficient (Wildman–Crippen LogP) is 2.24. The molecule has 0 saturated heterocycles. The molecule has 2 N–H and O–H groups in total. The Morgan fingerprint density at radius 1 is 1.22 bits per heavy atom. The molecular formula is C12H15N3O2S. The van der Waals surface area contributed by atoms with E-state index in [4.69, 9.17) is 15.2 Å². The van der Waals surface area contributed by atoms with Crippen molar-refractivity contribution in [1.29, 1.82) is 0 Å². The van der Waals surface area contributed by atoms with Crippen LogP contribution in [0.15, 0.2) is 18.2 Å². The van der Waals surface area contributed by atoms with Crippen LogP contribution in [0.5, 0.6) is 11.5 Å². The molecule has 2 rings (SSSR count). The molecular weight excluding hydrogens is 250 g/mol. The van der Waals surface area contributed by atoms with E-state index >= 15 is 0 Å². The fraction of sp³-hybridized carbons (Fsp3) is 0.333. The third-order valence-corrected chi connectivity index (χ3v) is 3.63. The Morgan fingerprint density at radius 2 is 2.00 bits per heavy atom. The van der Waals surface area contributed by atoms with Gasteiger partial charge in [0.25, 0.3) is 0 Å². The zero-order valence-electron chi connectivity index (χ0n) is 10.5. The second kappa shape index (κ2) is 5.32. The van der Waals surface area contributed by atoms with E-state index in [0.717, 1.165) is 21.3 Å². The summed E-state index contributed by atoms with van der Waals surface area (Å²) in [5.41, 5.74) is 6.67. The van der Waals surface area contributed by atoms with E-state index in [9.17, 15) is 0 Å². The van der Waals surface area contributed by atoms with Crippen molar-refractivity contribution in [1.82, 2.24) is 10.2 Å². The second-order valence-electron chi connectivity index (χ2n) is 3.80. The molecule has 0 fully saturated rings. The first-order chi connectivity index (χ1) is 8.65. The Balaban J connectivity index is 2.42. The predicted molar refractivity (Wildman–Crippen MR) is 71.1 cm³/mol. The Hall–Kier alpha value is -1.66. The van der Waals surface area contributed by atoms with Crippen molar-refractivity contribution >= 4 is 11.3 Å². The third-order valence-electron chi connectivity index (χ3n) is 2.47. The van der Waals surface area contributed by atoms with Crippen LogP contribution in [0.25, 0.3) is 10.6 Å². The molecule has 0 radical (unpaired) electrons. The maximum absolute atomic E-state index is 5.78. The van der Waals surface area contributed by atoms with Gasteiger partial charge in [-0.05, 0) is 19.1 Å². The van der Waals surface area contributed by atoms with E-state index in [-0.39, 0.29) is 6.04 Å². The lowest BCUT2D eigenvalue weighted by atomic mass is 10.2. The van der Waals surface area contributed by atoms with Gasteiger partial charge in [0.1, 0.15) is 16.5 Å². The fourth-order valence-corrected chi connectivity index (χ4v) is 2.33. The molecule has 1 aromatic carbocycles. The van der Waals surface area contributed by atoms with Gasteiger partial charge in [-0.2, -0.15) is 0 Å². The highest BCUT2D eigenvalue weighted by molar-refractivity contribution is 7.14. The summed E-state index contributed by atoms with van der Waals surface area (Å²) in [4.78, 5) is 0. The summed E-state index contributed by atoms with van der Waals surface area (Å²) in [6.45, 7) is 1.88. The smallest absolute Gasteiger partial charge is 0.151 e. The van der Waals surface area contributed by atoms with Crippen LogP contribution in [0, 0.1) is 0 Å². The molecule has 0 bridgehead atoms. The number of nitrogens with two attached hydrogens (primary N) is 1. The Bertz CT molecular complexity index is 540. The maximum Gasteiger partial charge on any atom is 0.151 e. The summed E-state index contributed by atoms with van der Waals surface area (Å²) >= 11 is 1.47. The lowest BCUT2D eigenvalue weighted by Gasteiger charge is -2.07. The first-order valence-electron chi connectivity index (χ1n) is 5.47. The number of aromatic nitrogens is 2. The summed E-state index contributed by atoms with van der Waals surface area (Å²) in [5.74, 6) is 1.45. The topological polar surface area (TPSA) is 70.3 Å². The molecule has 0 aliphatic carbocycles. The van der Waals surface area contributed by atoms with E-state index in [0.29, 0.717) is 5.75 Å². The van der Waals surface area contributed by atoms with E-state index in [2.05, 4.69) is 10.2 Å². The highest BCUT2D eigenvalue weighted by Crippen LogP contribution is 2.35. The molecule has 18 heavy (non-hydrogen) atoms. The monoisotopic (exact) mass is 265 g/mol. The molecule has 0 aliphatic rings. The van der Waals surface area contributed by atoms with Crippen LogP contribution < -0.4 is 15.2 Å². The van der Waals surface area contributed by atoms with Gasteiger partial charge in [0.05, 0.1) is 25.8 Å². The van der Waals surface area contributed by atoms with Crippen molar-refractivity contribution in [3.05, 3.63) is 23.2 Å². The number of hydrogen-bond donors (Lipinski definition) is 1. The van der Waals surface area contributed by atoms with Crippen molar-refractivity contribution in [2.45, 2.75) is 13.0 Å². The van der Waals surface area contributed by atoms with Crippen LogP contribution in [-0.2, 0) is 0 Å². The molecule has 6 heteroatoms. The van der Waals surface area contributed by atoms with Crippen molar-refractivity contribution in [2.75, 3.05) is 14.2 Å². The van der Waals surface area contributed by atoms with Crippen molar-refractivity contribution in [3.8, 4) is 22.1 Å². The van der Waals surface area contributed by atoms with Crippen LogP contribution in [0.2, 0.25) is 0 Å². The summed E-state index contributed by atoms with van der Waals surface area (Å²) < 4.78 is 10.5. The van der Waals surface area contributed by atoms with Crippen molar-refractivity contribution < 1.29 is 9.47 Å². The van der Waals surface area contributed by atoms with Gasteiger partial charge in [0.2, 0.25) is 0 Å². The van der Waals surface area contributed by atoms with Crippen LogP contribution in [0.1, 0.15) is 18.0 Å². The molecule has 0 saturated carbocycles. The number of benzene rings is 1. The Morgan fingerprint density at radius 3 is 2.56 bits per heavy atom. The number of hydrogen-bond acceptors (Lipinski definition) is 6. The molecule has 1 unspecified atom stereocenters. The van der Waals surface area contributed by atoms with Gasteiger partial charge in [-0.3, -0.25) is 0 Å². The largest absolute Gasteiger partial charge is 0.497 e. The molecule has 1 atom stereocenters. The summed E-state index contributed by atoms with van der Waals surface area (Å²) in [6.07, 6.45) is 0. The van der Waals surface area contributed by atoms with Crippen LogP contribution in [-0.4, -0.2) is 24.4 Å². The van der Waals surface area contributed by atoms with Gasteiger partial charge in [0.15, 0.2) is 5.01 Å². The molecule has 2 aromatic rings. The molecule has 1 heterocycles. The number of nitrogens with zero attached hydrogens (tertiary/aromatic N) is 2. The van der Waals surface area contributed by atoms with Gasteiger partial charge in [-0.15, -0.1) is 10.2 Å². The van der Waals surface area contributed by atoms with Crippen molar-refractivity contribution in [2.24, 2.45) is 5.73 Å². The van der Waals surface area contributed by atoms with Crippen LogP contribution >= 0.6 is 11.3 Å². The van der Waals surface area contributed by atoms with E-state index in [1.807, 2.05) is 25.1 Å². The molecule has 5 nitrogen and oxygen atoms in total. The molecule has 1 aromatic heterocycles. The first-order valence-corrected chi connectivity index (χ1v) is 6.28. The Kier molecular flexibility index (Phi) is 3.78. The third kappa shape index (κ3) is 2.44. The van der Waals surface area contributed by atoms with E-state index in [1.165, 1.54) is 11.3 Å². The lowest BCUT2D eigenvalue weighted by Crippen LogP contribution is -2.03. The average molecular weight is 265 g/mol.